The Balaban J connectivity index is 0.950. The monoisotopic (exact) mass is 855 g/mol. The molecule has 1 atom stereocenters. The maximum atomic E-state index is 13.8. The van der Waals surface area contributed by atoms with Crippen molar-refractivity contribution in [2.24, 2.45) is 0 Å². The number of carbonyl (C=O) groups is 4. The van der Waals surface area contributed by atoms with Gasteiger partial charge in [0.15, 0.2) is 0 Å². The number of aryl methyl sites for hydroxylation is 1. The summed E-state index contributed by atoms with van der Waals surface area (Å²) < 4.78 is 25.2. The van der Waals surface area contributed by atoms with Gasteiger partial charge >= 0.3 is 11.9 Å². The number of hydrogen-bond donors (Lipinski definition) is 2. The molecule has 14 nitrogen and oxygen atoms in total. The molecule has 0 spiro atoms. The Bertz CT molecular complexity index is 2280. The average Bonchev–Trinajstić information content (AvgIpc) is 3.62. The number of hydrogen-bond acceptors (Lipinski definition) is 12. The fraction of sp³-hybridized carbons (Fsp3) is 0.500. The molecule has 0 fully saturated rings. The van der Waals surface area contributed by atoms with Gasteiger partial charge in [0.05, 0.1) is 46.8 Å². The highest BCUT2D eigenvalue weighted by atomic mass is 32.2. The molecular weight excluding hydrogens is 799 g/mol. The lowest BCUT2D eigenvalue weighted by Crippen LogP contribution is -2.49. The molecule has 2 aliphatic rings. The quantitative estimate of drug-likeness (QED) is 0.0636. The van der Waals surface area contributed by atoms with Gasteiger partial charge in [-0.05, 0) is 94.0 Å². The van der Waals surface area contributed by atoms with E-state index in [1.807, 2.05) is 56.3 Å². The summed E-state index contributed by atoms with van der Waals surface area (Å²) in [6.07, 6.45) is 7.71. The average molecular weight is 856 g/mol. The molecule has 0 unspecified atom stereocenters. The first-order chi connectivity index (χ1) is 29.3. The molecule has 4 aromatic rings. The Morgan fingerprint density at radius 3 is 2.48 bits per heavy atom. The third-order valence-electron chi connectivity index (χ3n) is 11.8. The van der Waals surface area contributed by atoms with Gasteiger partial charge in [0.2, 0.25) is 17.4 Å². The van der Waals surface area contributed by atoms with Crippen molar-refractivity contribution in [3.63, 3.8) is 0 Å². The number of ether oxygens (including phenoxy) is 4. The maximum absolute atomic E-state index is 13.8. The van der Waals surface area contributed by atoms with E-state index < -0.39 is 41.2 Å². The fourth-order valence-electron chi connectivity index (χ4n) is 7.79. The van der Waals surface area contributed by atoms with E-state index in [4.69, 9.17) is 23.9 Å². The highest BCUT2D eigenvalue weighted by Gasteiger charge is 2.50. The third-order valence-corrected chi connectivity index (χ3v) is 12.7. The molecule has 0 saturated heterocycles. The smallest absolute Gasteiger partial charge is 0.355 e. The molecule has 6 rings (SSSR count). The van der Waals surface area contributed by atoms with E-state index in [1.165, 1.54) is 5.56 Å². The zero-order valence-electron chi connectivity index (χ0n) is 35.8. The predicted octanol–water partition coefficient (Wildman–Crippen LogP) is 5.77. The van der Waals surface area contributed by atoms with Crippen molar-refractivity contribution in [1.82, 2.24) is 25.2 Å². The third kappa shape index (κ3) is 10.9. The van der Waals surface area contributed by atoms with Crippen LogP contribution in [0.3, 0.4) is 0 Å². The van der Waals surface area contributed by atoms with Crippen molar-refractivity contribution in [2.75, 3.05) is 37.8 Å². The van der Waals surface area contributed by atoms with Gasteiger partial charge in [-0.15, -0.1) is 0 Å². The van der Waals surface area contributed by atoms with Crippen molar-refractivity contribution in [1.29, 1.82) is 0 Å². The van der Waals surface area contributed by atoms with Gasteiger partial charge in [0.1, 0.15) is 19.8 Å². The van der Waals surface area contributed by atoms with Gasteiger partial charge in [-0.25, -0.2) is 9.78 Å². The Morgan fingerprint density at radius 2 is 1.72 bits per heavy atom. The molecule has 326 valence electrons. The number of carbonyl (C=O) groups excluding carboxylic acids is 4. The second-order valence-electron chi connectivity index (χ2n) is 16.1. The maximum Gasteiger partial charge on any atom is 0.355 e. The van der Waals surface area contributed by atoms with Crippen LogP contribution in [-0.2, 0) is 63.3 Å². The number of fused-ring (bicyclic) bond motifs is 5. The Morgan fingerprint density at radius 1 is 0.951 bits per heavy atom. The number of pyridine rings is 3. The molecule has 0 saturated carbocycles. The molecule has 5 heterocycles. The van der Waals surface area contributed by atoms with Crippen LogP contribution in [0.1, 0.15) is 95.4 Å². The Labute approximate surface area is 360 Å². The van der Waals surface area contributed by atoms with Crippen LogP contribution in [-0.4, -0.2) is 87.3 Å². The number of cyclic esters (lactones) is 1. The summed E-state index contributed by atoms with van der Waals surface area (Å²) in [6.45, 7) is 9.64. The van der Waals surface area contributed by atoms with Crippen molar-refractivity contribution in [3.05, 3.63) is 93.5 Å². The summed E-state index contributed by atoms with van der Waals surface area (Å²) in [5.41, 5.74) is 1.14. The number of nitrogens with one attached hydrogen (secondary N) is 2. The molecule has 3 aromatic heterocycles. The number of aromatic nitrogens is 3. The van der Waals surface area contributed by atoms with Crippen molar-refractivity contribution < 1.29 is 38.1 Å². The van der Waals surface area contributed by atoms with E-state index in [0.717, 1.165) is 47.2 Å². The zero-order chi connectivity index (χ0) is 43.6. The molecule has 0 bridgehead atoms. The molecule has 15 heteroatoms. The highest BCUT2D eigenvalue weighted by molar-refractivity contribution is 7.99. The number of thioether (sulfide) groups is 1. The summed E-state index contributed by atoms with van der Waals surface area (Å²) in [7, 11) is 0. The fourth-order valence-corrected chi connectivity index (χ4v) is 8.70. The van der Waals surface area contributed by atoms with E-state index in [1.54, 1.807) is 41.7 Å². The number of esters is 2. The molecule has 0 aliphatic carbocycles. The lowest BCUT2D eigenvalue weighted by Gasteiger charge is -2.35. The minimum atomic E-state index is -1.89. The number of amides is 2. The minimum absolute atomic E-state index is 0.00144. The van der Waals surface area contributed by atoms with E-state index in [2.05, 4.69) is 29.5 Å². The first-order valence-corrected chi connectivity index (χ1v) is 22.3. The lowest BCUT2D eigenvalue weighted by molar-refractivity contribution is -0.189. The van der Waals surface area contributed by atoms with Crippen LogP contribution in [0.5, 0.6) is 0 Å². The SMILES string of the molecule is CCC(CC)(CCNC(=O)CCSCCc1ccncc1)OCCC(C)(C)OCC(=O)NCC(=O)O[C@]1(CC)C(=O)OCc2c1cc1n(c2=O)Cc2cc3ccccc3nc2-1. The van der Waals surface area contributed by atoms with Gasteiger partial charge in [-0.1, -0.05) is 39.0 Å². The second-order valence-corrected chi connectivity index (χ2v) is 17.3. The number of benzene rings is 1. The van der Waals surface area contributed by atoms with E-state index in [0.29, 0.717) is 50.3 Å². The van der Waals surface area contributed by atoms with Crippen LogP contribution in [0.4, 0.5) is 0 Å². The van der Waals surface area contributed by atoms with Crippen LogP contribution in [0.25, 0.3) is 22.3 Å². The topological polar surface area (TPSA) is 177 Å². The first kappa shape index (κ1) is 45.4. The predicted molar refractivity (Wildman–Crippen MR) is 233 cm³/mol. The second kappa shape index (κ2) is 20.2. The number of para-hydroxylation sites is 1. The molecule has 2 N–H and O–H groups in total. The van der Waals surface area contributed by atoms with Gasteiger partial charge in [0, 0.05) is 47.6 Å². The molecule has 2 amide bonds. The normalized spacial score (nSPS) is 15.7. The van der Waals surface area contributed by atoms with E-state index >= 15 is 0 Å². The molecule has 1 aromatic carbocycles. The number of nitrogens with zero attached hydrogens (tertiary/aromatic N) is 3. The van der Waals surface area contributed by atoms with Gasteiger partial charge in [0.25, 0.3) is 5.56 Å². The highest BCUT2D eigenvalue weighted by Crippen LogP contribution is 2.41. The van der Waals surface area contributed by atoms with Crippen molar-refractivity contribution in [3.8, 4) is 11.4 Å². The summed E-state index contributed by atoms with van der Waals surface area (Å²) >= 11 is 1.76. The first-order valence-electron chi connectivity index (χ1n) is 21.2. The van der Waals surface area contributed by atoms with Crippen LogP contribution in [0, 0.1) is 0 Å². The summed E-state index contributed by atoms with van der Waals surface area (Å²) in [5, 5.41) is 6.52. The summed E-state index contributed by atoms with van der Waals surface area (Å²) in [6, 6.07) is 15.4. The van der Waals surface area contributed by atoms with E-state index in [-0.39, 0.29) is 42.2 Å². The van der Waals surface area contributed by atoms with Crippen molar-refractivity contribution >= 4 is 46.4 Å². The van der Waals surface area contributed by atoms with Gasteiger partial charge in [-0.3, -0.25) is 24.2 Å². The summed E-state index contributed by atoms with van der Waals surface area (Å²) in [4.78, 5) is 74.8. The van der Waals surface area contributed by atoms with Crippen LogP contribution in [0.15, 0.2) is 65.7 Å². The molecular formula is C46H57N5O9S. The minimum Gasteiger partial charge on any atom is -0.457 e. The Hall–Kier alpha value is -5.12. The molecule has 0 radical (unpaired) electrons. The Kier molecular flexibility index (Phi) is 15.0. The van der Waals surface area contributed by atoms with Gasteiger partial charge < -0.3 is 34.1 Å². The van der Waals surface area contributed by atoms with Gasteiger partial charge in [-0.2, -0.15) is 11.8 Å². The van der Waals surface area contributed by atoms with Crippen molar-refractivity contribution in [2.45, 2.75) is 110 Å². The van der Waals surface area contributed by atoms with E-state index in [9.17, 15) is 24.0 Å². The van der Waals surface area contributed by atoms with Crippen LogP contribution in [0.2, 0.25) is 0 Å². The standard InChI is InChI=1S/C46H57N5O9S/c1-6-45(7-2,17-21-48-38(52)16-24-61-23-15-31-13-19-47-20-14-31)58-22-18-44(4,5)59-30-39(53)49-27-40(54)60-46(8-3)35-26-37-41-33(25-32-11-9-10-12-36(32)50-41)28-51(37)42(55)34(35)29-57-43(46)56/h9-14,19-20,25-26H,6-8,15-18,21-24,27-30H2,1-5H3,(H,48,52)(H,49,53)/t46-/m0/s1. The van der Waals surface area contributed by atoms with Crippen LogP contribution >= 0.6 is 11.8 Å². The zero-order valence-corrected chi connectivity index (χ0v) is 36.6. The number of rotatable bonds is 22. The van der Waals surface area contributed by atoms with Crippen LogP contribution < -0.4 is 16.2 Å². The lowest BCUT2D eigenvalue weighted by atomic mass is 9.85. The molecule has 2 aliphatic heterocycles. The summed E-state index contributed by atoms with van der Waals surface area (Å²) in [5.74, 6) is -0.465. The largest absolute Gasteiger partial charge is 0.457 e. The molecule has 61 heavy (non-hydrogen) atoms.